The van der Waals surface area contributed by atoms with Gasteiger partial charge in [0.15, 0.2) is 5.13 Å². The van der Waals surface area contributed by atoms with Gasteiger partial charge < -0.3 is 10.6 Å². The van der Waals surface area contributed by atoms with Gasteiger partial charge in [-0.25, -0.2) is 9.97 Å². The fourth-order valence-corrected chi connectivity index (χ4v) is 6.43. The summed E-state index contributed by atoms with van der Waals surface area (Å²) in [6, 6.07) is 17.4. The number of carbonyl (C=O) groups excluding carboxylic acids is 1. The second-order valence-corrected chi connectivity index (χ2v) is 12.1. The van der Waals surface area contributed by atoms with Crippen LogP contribution in [0.5, 0.6) is 0 Å². The third kappa shape index (κ3) is 7.42. The van der Waals surface area contributed by atoms with Crippen molar-refractivity contribution in [2.45, 2.75) is 25.8 Å². The van der Waals surface area contributed by atoms with E-state index in [0.29, 0.717) is 18.5 Å². The number of thiazole rings is 2. The number of anilines is 2. The Bertz CT molecular complexity index is 1640. The molecular formula is C28H27N5O4S3. The molecule has 0 radical (unpaired) electrons. The lowest BCUT2D eigenvalue weighted by Gasteiger charge is -2.22. The molecule has 0 aliphatic heterocycles. The molecule has 5 rings (SSSR count). The lowest BCUT2D eigenvalue weighted by Crippen LogP contribution is -2.23. The highest BCUT2D eigenvalue weighted by Gasteiger charge is 2.22. The summed E-state index contributed by atoms with van der Waals surface area (Å²) in [4.78, 5) is 21.1. The Labute approximate surface area is 240 Å². The van der Waals surface area contributed by atoms with Crippen molar-refractivity contribution in [2.24, 2.45) is 5.92 Å². The molecule has 0 saturated heterocycles. The van der Waals surface area contributed by atoms with E-state index in [2.05, 4.69) is 20.7 Å². The fraction of sp³-hybridized carbons (Fsp3) is 0.179. The Hall–Kier alpha value is -3.84. The van der Waals surface area contributed by atoms with E-state index < -0.39 is 10.3 Å². The predicted molar refractivity (Wildman–Crippen MR) is 160 cm³/mol. The molecule has 0 saturated carbocycles. The first-order valence-electron chi connectivity index (χ1n) is 12.5. The van der Waals surface area contributed by atoms with Crippen LogP contribution in [0, 0.1) is 5.92 Å². The van der Waals surface area contributed by atoms with Crippen molar-refractivity contribution < 1.29 is 17.8 Å². The maximum Gasteiger partial charge on any atom is 0.357 e. The molecule has 1 aliphatic carbocycles. The maximum absolute atomic E-state index is 11.3. The van der Waals surface area contributed by atoms with Crippen LogP contribution in [-0.2, 0) is 15.1 Å². The van der Waals surface area contributed by atoms with E-state index in [0.717, 1.165) is 38.3 Å². The standard InChI is InChI=1S/C28H27N5O4S3/c1-18(34)29-22-13-9-20(10-14-22)25-16-39-28(32-25)31-24(15-19-7-11-23(12-8-19)33-40(35,36)37)26-17-38-27(30-26)21-5-3-2-4-6-21/h2-7,9-14,16-17,19,24,33H,8,15H2,1H3,(H,29,34)(H,31,32)(H,35,36,37)/t19?,24-/m0/s1. The molecule has 2 atom stereocenters. The summed E-state index contributed by atoms with van der Waals surface area (Å²) in [5, 5.41) is 12.1. The van der Waals surface area contributed by atoms with Gasteiger partial charge in [0.25, 0.3) is 0 Å². The van der Waals surface area contributed by atoms with Crippen LogP contribution in [0.3, 0.4) is 0 Å². The first kappa shape index (κ1) is 27.7. The average molecular weight is 594 g/mol. The first-order chi connectivity index (χ1) is 19.2. The van der Waals surface area contributed by atoms with Crippen LogP contribution in [0.25, 0.3) is 21.8 Å². The zero-order chi connectivity index (χ0) is 28.1. The molecule has 2 heterocycles. The minimum absolute atomic E-state index is 0.118. The Morgan fingerprint density at radius 1 is 1.05 bits per heavy atom. The lowest BCUT2D eigenvalue weighted by molar-refractivity contribution is -0.114. The summed E-state index contributed by atoms with van der Waals surface area (Å²) in [6.07, 6.45) is 6.67. The smallest absolute Gasteiger partial charge is 0.353 e. The third-order valence-electron chi connectivity index (χ3n) is 6.18. The second kappa shape index (κ2) is 12.1. The number of aromatic nitrogens is 2. The highest BCUT2D eigenvalue weighted by atomic mass is 32.2. The molecule has 0 fully saturated rings. The van der Waals surface area contributed by atoms with E-state index in [1.807, 2.05) is 66.1 Å². The number of amides is 1. The van der Waals surface area contributed by atoms with Crippen LogP contribution >= 0.6 is 22.7 Å². The van der Waals surface area contributed by atoms with Gasteiger partial charge in [-0.3, -0.25) is 14.1 Å². The van der Waals surface area contributed by atoms with E-state index in [4.69, 9.17) is 14.5 Å². The van der Waals surface area contributed by atoms with Crippen molar-refractivity contribution >= 4 is 49.7 Å². The SMILES string of the molecule is CC(=O)Nc1ccc(-c2csc(N[C@@H](CC3C=CC(NS(=O)(=O)O)=CC3)c3csc(-c4ccccc4)n3)n2)cc1. The van der Waals surface area contributed by atoms with Gasteiger partial charge >= 0.3 is 10.3 Å². The zero-order valence-corrected chi connectivity index (χ0v) is 23.9. The second-order valence-electron chi connectivity index (χ2n) is 9.26. The molecule has 206 valence electrons. The molecule has 2 aromatic heterocycles. The van der Waals surface area contributed by atoms with Gasteiger partial charge in [-0.2, -0.15) is 8.42 Å². The molecule has 9 nitrogen and oxygen atoms in total. The minimum Gasteiger partial charge on any atom is -0.353 e. The number of hydrogen-bond donors (Lipinski definition) is 4. The average Bonchev–Trinajstić information content (AvgIpc) is 3.60. The number of rotatable bonds is 10. The Morgan fingerprint density at radius 2 is 1.82 bits per heavy atom. The fourth-order valence-electron chi connectivity index (χ4n) is 4.33. The van der Waals surface area contributed by atoms with Gasteiger partial charge in [0.05, 0.1) is 17.4 Å². The maximum atomic E-state index is 11.3. The van der Waals surface area contributed by atoms with Crippen LogP contribution in [-0.4, -0.2) is 28.8 Å². The number of allylic oxidation sites excluding steroid dienone is 3. The van der Waals surface area contributed by atoms with Gasteiger partial charge in [0, 0.05) is 40.2 Å². The third-order valence-corrected chi connectivity index (χ3v) is 8.35. The van der Waals surface area contributed by atoms with Crippen LogP contribution in [0.15, 0.2) is 89.3 Å². The lowest BCUT2D eigenvalue weighted by atomic mass is 9.91. The highest BCUT2D eigenvalue weighted by Crippen LogP contribution is 2.35. The van der Waals surface area contributed by atoms with E-state index in [-0.39, 0.29) is 17.9 Å². The molecule has 1 unspecified atom stereocenters. The molecule has 1 aliphatic rings. The number of carbonyl (C=O) groups is 1. The zero-order valence-electron chi connectivity index (χ0n) is 21.4. The van der Waals surface area contributed by atoms with Crippen molar-refractivity contribution in [2.75, 3.05) is 10.6 Å². The predicted octanol–water partition coefficient (Wildman–Crippen LogP) is 6.29. The molecule has 4 aromatic rings. The van der Waals surface area contributed by atoms with E-state index in [1.54, 1.807) is 23.5 Å². The van der Waals surface area contributed by atoms with Crippen molar-refractivity contribution in [3.8, 4) is 21.8 Å². The molecule has 0 bridgehead atoms. The van der Waals surface area contributed by atoms with Gasteiger partial charge in [0.2, 0.25) is 5.91 Å². The molecular weight excluding hydrogens is 567 g/mol. The van der Waals surface area contributed by atoms with Crippen molar-refractivity contribution in [3.05, 3.63) is 95.0 Å². The molecule has 4 N–H and O–H groups in total. The van der Waals surface area contributed by atoms with Gasteiger partial charge in [0.1, 0.15) is 5.01 Å². The molecule has 0 spiro atoms. The van der Waals surface area contributed by atoms with Crippen molar-refractivity contribution in [3.63, 3.8) is 0 Å². The van der Waals surface area contributed by atoms with Gasteiger partial charge in [-0.1, -0.05) is 54.6 Å². The van der Waals surface area contributed by atoms with Crippen LogP contribution in [0.4, 0.5) is 10.8 Å². The van der Waals surface area contributed by atoms with Crippen molar-refractivity contribution in [1.29, 1.82) is 0 Å². The molecule has 1 amide bonds. The number of benzene rings is 2. The number of hydrogen-bond acceptors (Lipinski definition) is 8. The van der Waals surface area contributed by atoms with Crippen LogP contribution < -0.4 is 15.4 Å². The largest absolute Gasteiger partial charge is 0.357 e. The molecule has 12 heteroatoms. The van der Waals surface area contributed by atoms with E-state index >= 15 is 0 Å². The quantitative estimate of drug-likeness (QED) is 0.159. The monoisotopic (exact) mass is 593 g/mol. The summed E-state index contributed by atoms with van der Waals surface area (Å²) in [5.74, 6) is -0.00214. The highest BCUT2D eigenvalue weighted by molar-refractivity contribution is 7.83. The van der Waals surface area contributed by atoms with Gasteiger partial charge in [-0.05, 0) is 37.0 Å². The first-order valence-corrected chi connectivity index (χ1v) is 15.7. The summed E-state index contributed by atoms with van der Waals surface area (Å²) in [5.41, 5.74) is 4.79. The summed E-state index contributed by atoms with van der Waals surface area (Å²) in [7, 11) is -4.32. The van der Waals surface area contributed by atoms with Crippen molar-refractivity contribution in [1.82, 2.24) is 14.7 Å². The topological polar surface area (TPSA) is 133 Å². The van der Waals surface area contributed by atoms with E-state index in [9.17, 15) is 13.2 Å². The molecule has 40 heavy (non-hydrogen) atoms. The summed E-state index contributed by atoms with van der Waals surface area (Å²) < 4.78 is 33.5. The normalized spacial score (nSPS) is 15.8. The number of nitrogens with one attached hydrogen (secondary N) is 3. The Balaban J connectivity index is 1.35. The Kier molecular flexibility index (Phi) is 8.40. The van der Waals surface area contributed by atoms with E-state index in [1.165, 1.54) is 18.3 Å². The Morgan fingerprint density at radius 3 is 2.50 bits per heavy atom. The molecule has 2 aromatic carbocycles. The summed E-state index contributed by atoms with van der Waals surface area (Å²) >= 11 is 3.09. The number of nitrogens with zero attached hydrogens (tertiary/aromatic N) is 2. The van der Waals surface area contributed by atoms with Crippen LogP contribution in [0.1, 0.15) is 31.5 Å². The minimum atomic E-state index is -4.32. The van der Waals surface area contributed by atoms with Gasteiger partial charge in [-0.15, -0.1) is 22.7 Å². The van der Waals surface area contributed by atoms with Crippen LogP contribution in [0.2, 0.25) is 0 Å². The summed E-state index contributed by atoms with van der Waals surface area (Å²) in [6.45, 7) is 1.47.